The molecule has 0 aliphatic rings. The van der Waals surface area contributed by atoms with Crippen molar-refractivity contribution in [3.63, 3.8) is 0 Å². The van der Waals surface area contributed by atoms with Gasteiger partial charge in [-0.2, -0.15) is 0 Å². The number of nitrogens with one attached hydrogen (secondary N) is 1. The van der Waals surface area contributed by atoms with Crippen LogP contribution < -0.4 is 11.1 Å². The Kier molecular flexibility index (Phi) is 6.76. The standard InChI is InChI=1S/C27H26N4O2/c1-18-6-10-20(11-7-18)23-5-3-2-4-22(23)15-30-26-17-29-25(16-31-26)21-12-8-19(9-13-21)14-24(28)27(32)33/h2-13,16-17,24H,14-15,28H2,1H3,(H,30,31)(H,32,33)/t24-/m0/s1. The molecular weight excluding hydrogens is 412 g/mol. The minimum absolute atomic E-state index is 0.286. The lowest BCUT2D eigenvalue weighted by molar-refractivity contribution is -0.138. The van der Waals surface area contributed by atoms with Crippen LogP contribution in [0.3, 0.4) is 0 Å². The fraction of sp³-hybridized carbons (Fsp3) is 0.148. The van der Waals surface area contributed by atoms with E-state index in [0.717, 1.165) is 16.8 Å². The third kappa shape index (κ3) is 5.61. The Labute approximate surface area is 193 Å². The number of hydrogen-bond donors (Lipinski definition) is 3. The summed E-state index contributed by atoms with van der Waals surface area (Å²) in [5, 5.41) is 12.3. The first-order valence-electron chi connectivity index (χ1n) is 10.8. The van der Waals surface area contributed by atoms with Crippen molar-refractivity contribution in [2.24, 2.45) is 5.73 Å². The molecule has 0 fully saturated rings. The summed E-state index contributed by atoms with van der Waals surface area (Å²) in [4.78, 5) is 20.0. The summed E-state index contributed by atoms with van der Waals surface area (Å²) in [6.07, 6.45) is 3.73. The van der Waals surface area contributed by atoms with Gasteiger partial charge in [-0.15, -0.1) is 0 Å². The average molecular weight is 439 g/mol. The fourth-order valence-corrected chi connectivity index (χ4v) is 3.60. The van der Waals surface area contributed by atoms with Crippen LogP contribution in [0.2, 0.25) is 0 Å². The van der Waals surface area contributed by atoms with E-state index in [4.69, 9.17) is 10.8 Å². The van der Waals surface area contributed by atoms with Gasteiger partial charge in [0.1, 0.15) is 11.9 Å². The molecule has 1 atom stereocenters. The van der Waals surface area contributed by atoms with Gasteiger partial charge < -0.3 is 16.2 Å². The number of nitrogens with two attached hydrogens (primary N) is 1. The molecule has 0 spiro atoms. The van der Waals surface area contributed by atoms with Crippen LogP contribution in [0.5, 0.6) is 0 Å². The minimum Gasteiger partial charge on any atom is -0.480 e. The minimum atomic E-state index is -1.01. The van der Waals surface area contributed by atoms with Gasteiger partial charge in [0.2, 0.25) is 0 Å². The lowest BCUT2D eigenvalue weighted by Crippen LogP contribution is -2.32. The first-order valence-corrected chi connectivity index (χ1v) is 10.8. The van der Waals surface area contributed by atoms with E-state index in [1.165, 1.54) is 22.3 Å². The highest BCUT2D eigenvalue weighted by Crippen LogP contribution is 2.25. The summed E-state index contributed by atoms with van der Waals surface area (Å²) in [7, 11) is 0. The highest BCUT2D eigenvalue weighted by molar-refractivity contribution is 5.73. The Hall–Kier alpha value is -4.03. The molecule has 0 saturated carbocycles. The molecule has 6 heteroatoms. The maximum Gasteiger partial charge on any atom is 0.320 e. The van der Waals surface area contributed by atoms with E-state index in [1.807, 2.05) is 36.4 Å². The summed E-state index contributed by atoms with van der Waals surface area (Å²) in [5.74, 6) is -0.309. The molecular formula is C27H26N4O2. The molecule has 6 nitrogen and oxygen atoms in total. The molecule has 0 aliphatic heterocycles. The number of hydrogen-bond acceptors (Lipinski definition) is 5. The number of rotatable bonds is 8. The van der Waals surface area contributed by atoms with Gasteiger partial charge >= 0.3 is 5.97 Å². The number of carboxylic acid groups (broad SMARTS) is 1. The van der Waals surface area contributed by atoms with E-state index in [9.17, 15) is 4.79 Å². The molecule has 0 aliphatic carbocycles. The predicted molar refractivity (Wildman–Crippen MR) is 131 cm³/mol. The second-order valence-corrected chi connectivity index (χ2v) is 8.01. The van der Waals surface area contributed by atoms with E-state index >= 15 is 0 Å². The topological polar surface area (TPSA) is 101 Å². The first-order chi connectivity index (χ1) is 16.0. The molecule has 4 aromatic rings. The summed E-state index contributed by atoms with van der Waals surface area (Å²) in [6, 6.07) is 23.5. The first kappa shape index (κ1) is 22.2. The zero-order valence-electron chi connectivity index (χ0n) is 18.4. The van der Waals surface area contributed by atoms with Crippen molar-refractivity contribution in [1.82, 2.24) is 9.97 Å². The molecule has 0 amide bonds. The van der Waals surface area contributed by atoms with E-state index in [1.54, 1.807) is 12.4 Å². The van der Waals surface area contributed by atoms with Crippen molar-refractivity contribution in [3.05, 3.63) is 102 Å². The van der Waals surface area contributed by atoms with Gasteiger partial charge in [-0.1, -0.05) is 78.4 Å². The van der Waals surface area contributed by atoms with Crippen LogP contribution in [0.15, 0.2) is 85.2 Å². The van der Waals surface area contributed by atoms with Crippen LogP contribution in [-0.2, 0) is 17.8 Å². The summed E-state index contributed by atoms with van der Waals surface area (Å²) in [6.45, 7) is 2.72. The molecule has 0 unspecified atom stereocenters. The number of carbonyl (C=O) groups is 1. The molecule has 0 bridgehead atoms. The Bertz CT molecular complexity index is 1220. The van der Waals surface area contributed by atoms with E-state index in [-0.39, 0.29) is 6.42 Å². The molecule has 166 valence electrons. The molecule has 0 radical (unpaired) electrons. The van der Waals surface area contributed by atoms with Crippen LogP contribution in [0.25, 0.3) is 22.4 Å². The maximum absolute atomic E-state index is 10.9. The lowest BCUT2D eigenvalue weighted by atomic mass is 9.99. The van der Waals surface area contributed by atoms with Gasteiger partial charge in [0, 0.05) is 12.1 Å². The number of aryl methyl sites for hydroxylation is 1. The Morgan fingerprint density at radius 3 is 2.30 bits per heavy atom. The van der Waals surface area contributed by atoms with Gasteiger partial charge in [0.25, 0.3) is 0 Å². The number of nitrogens with zero attached hydrogens (tertiary/aromatic N) is 2. The van der Waals surface area contributed by atoms with E-state index in [0.29, 0.717) is 12.4 Å². The third-order valence-electron chi connectivity index (χ3n) is 5.51. The number of aliphatic carboxylic acids is 1. The zero-order valence-corrected chi connectivity index (χ0v) is 18.4. The smallest absolute Gasteiger partial charge is 0.320 e. The highest BCUT2D eigenvalue weighted by atomic mass is 16.4. The summed E-state index contributed by atoms with van der Waals surface area (Å²) < 4.78 is 0. The van der Waals surface area contributed by atoms with Crippen molar-refractivity contribution in [2.45, 2.75) is 25.9 Å². The van der Waals surface area contributed by atoms with Crippen LogP contribution in [0, 0.1) is 6.92 Å². The van der Waals surface area contributed by atoms with Crippen molar-refractivity contribution < 1.29 is 9.90 Å². The molecule has 33 heavy (non-hydrogen) atoms. The second-order valence-electron chi connectivity index (χ2n) is 8.01. The second kappa shape index (κ2) is 10.1. The van der Waals surface area contributed by atoms with Gasteiger partial charge in [-0.25, -0.2) is 4.98 Å². The molecule has 0 saturated heterocycles. The van der Waals surface area contributed by atoms with Crippen molar-refractivity contribution in [3.8, 4) is 22.4 Å². The number of anilines is 1. The monoisotopic (exact) mass is 438 g/mol. The Morgan fingerprint density at radius 1 is 0.939 bits per heavy atom. The van der Waals surface area contributed by atoms with Crippen molar-refractivity contribution in [2.75, 3.05) is 5.32 Å². The normalized spacial score (nSPS) is 11.7. The van der Waals surface area contributed by atoms with Crippen LogP contribution in [0.4, 0.5) is 5.82 Å². The molecule has 3 aromatic carbocycles. The summed E-state index contributed by atoms with van der Waals surface area (Å²) >= 11 is 0. The van der Waals surface area contributed by atoms with Gasteiger partial charge in [0.05, 0.1) is 18.1 Å². The molecule has 4 rings (SSSR count). The summed E-state index contributed by atoms with van der Waals surface area (Å²) in [5.41, 5.74) is 12.9. The highest BCUT2D eigenvalue weighted by Gasteiger charge is 2.12. The zero-order chi connectivity index (χ0) is 23.2. The largest absolute Gasteiger partial charge is 0.480 e. The van der Waals surface area contributed by atoms with Crippen LogP contribution in [-0.4, -0.2) is 27.1 Å². The number of aromatic nitrogens is 2. The SMILES string of the molecule is Cc1ccc(-c2ccccc2CNc2cnc(-c3ccc(C[C@H](N)C(=O)O)cc3)cn2)cc1. The Balaban J connectivity index is 1.42. The number of carboxylic acids is 1. The fourth-order valence-electron chi connectivity index (χ4n) is 3.60. The molecule has 4 N–H and O–H groups in total. The van der Waals surface area contributed by atoms with E-state index in [2.05, 4.69) is 58.6 Å². The van der Waals surface area contributed by atoms with Crippen LogP contribution in [0.1, 0.15) is 16.7 Å². The Morgan fingerprint density at radius 2 is 1.64 bits per heavy atom. The van der Waals surface area contributed by atoms with Crippen molar-refractivity contribution >= 4 is 11.8 Å². The van der Waals surface area contributed by atoms with E-state index < -0.39 is 12.0 Å². The van der Waals surface area contributed by atoms with Gasteiger partial charge in [-0.3, -0.25) is 9.78 Å². The van der Waals surface area contributed by atoms with Gasteiger partial charge in [0.15, 0.2) is 0 Å². The van der Waals surface area contributed by atoms with Crippen LogP contribution >= 0.6 is 0 Å². The quantitative estimate of drug-likeness (QED) is 0.369. The van der Waals surface area contributed by atoms with Gasteiger partial charge in [-0.05, 0) is 35.6 Å². The maximum atomic E-state index is 10.9. The van der Waals surface area contributed by atoms with Crippen molar-refractivity contribution in [1.29, 1.82) is 0 Å². The molecule has 1 heterocycles. The lowest BCUT2D eigenvalue weighted by Gasteiger charge is -2.12. The number of benzene rings is 3. The predicted octanol–water partition coefficient (Wildman–Crippen LogP) is 4.69. The third-order valence-corrected chi connectivity index (χ3v) is 5.51. The molecule has 1 aromatic heterocycles. The average Bonchev–Trinajstić information content (AvgIpc) is 2.84.